The molecule has 4 N–H and O–H groups in total. The molecule has 1 fully saturated rings. The zero-order chi connectivity index (χ0) is 14.2. The summed E-state index contributed by atoms with van der Waals surface area (Å²) >= 11 is 0. The van der Waals surface area contributed by atoms with Crippen molar-refractivity contribution in [2.75, 3.05) is 24.2 Å². The fourth-order valence-electron chi connectivity index (χ4n) is 2.46. The number of aromatic carboxylic acids is 1. The van der Waals surface area contributed by atoms with Gasteiger partial charge < -0.3 is 20.8 Å². The minimum absolute atomic E-state index is 0.206. The predicted octanol–water partition coefficient (Wildman–Crippen LogP) is 1.31. The fourth-order valence-corrected chi connectivity index (χ4v) is 2.46. The summed E-state index contributed by atoms with van der Waals surface area (Å²) in [6.45, 7) is 0.614. The number of carbonyl (C=O) groups is 1. The number of nitrogens with two attached hydrogens (primary N) is 1. The Labute approximate surface area is 110 Å². The second-order valence-corrected chi connectivity index (χ2v) is 5.03. The third-order valence-corrected chi connectivity index (χ3v) is 3.54. The average Bonchev–Trinajstić information content (AvgIpc) is 2.29. The van der Waals surface area contributed by atoms with E-state index in [0.29, 0.717) is 31.0 Å². The second-order valence-electron chi connectivity index (χ2n) is 5.03. The van der Waals surface area contributed by atoms with Crippen molar-refractivity contribution in [2.24, 2.45) is 5.92 Å². The van der Waals surface area contributed by atoms with Crippen LogP contribution in [0.3, 0.4) is 0 Å². The van der Waals surface area contributed by atoms with Crippen LogP contribution in [0.1, 0.15) is 23.2 Å². The first-order valence-electron chi connectivity index (χ1n) is 6.10. The molecule has 19 heavy (non-hydrogen) atoms. The molecule has 104 valence electrons. The van der Waals surface area contributed by atoms with E-state index >= 15 is 0 Å². The molecule has 1 aliphatic carbocycles. The first kappa shape index (κ1) is 13.6. The van der Waals surface area contributed by atoms with Gasteiger partial charge in [0, 0.05) is 13.6 Å². The first-order valence-corrected chi connectivity index (χ1v) is 6.10. The second kappa shape index (κ2) is 5.05. The number of benzene rings is 1. The van der Waals surface area contributed by atoms with Crippen LogP contribution in [-0.2, 0) is 0 Å². The average molecular weight is 268 g/mol. The molecule has 0 unspecified atom stereocenters. The van der Waals surface area contributed by atoms with Crippen molar-refractivity contribution in [3.8, 4) is 0 Å². The molecule has 1 aromatic rings. The normalized spacial score (nSPS) is 21.8. The highest BCUT2D eigenvalue weighted by Gasteiger charge is 2.29. The van der Waals surface area contributed by atoms with Gasteiger partial charge in [0.25, 0.3) is 0 Å². The first-order chi connectivity index (χ1) is 8.90. The monoisotopic (exact) mass is 268 g/mol. The Hall–Kier alpha value is -1.82. The number of carboxylic acid groups (broad SMARTS) is 1. The summed E-state index contributed by atoms with van der Waals surface area (Å²) < 4.78 is 13.3. The topological polar surface area (TPSA) is 86.8 Å². The van der Waals surface area contributed by atoms with Crippen molar-refractivity contribution >= 4 is 17.3 Å². The van der Waals surface area contributed by atoms with E-state index in [9.17, 15) is 14.3 Å². The SMILES string of the molecule is CN(CC1CC(O)C1)c1ccc(F)c(N)c1C(=O)O. The van der Waals surface area contributed by atoms with E-state index < -0.39 is 11.8 Å². The van der Waals surface area contributed by atoms with Gasteiger partial charge in [-0.2, -0.15) is 0 Å². The van der Waals surface area contributed by atoms with E-state index in [4.69, 9.17) is 10.8 Å². The van der Waals surface area contributed by atoms with Gasteiger partial charge >= 0.3 is 5.97 Å². The van der Waals surface area contributed by atoms with Crippen LogP contribution in [0, 0.1) is 11.7 Å². The predicted molar refractivity (Wildman–Crippen MR) is 69.8 cm³/mol. The fraction of sp³-hybridized carbons (Fsp3) is 0.462. The van der Waals surface area contributed by atoms with Crippen molar-refractivity contribution < 1.29 is 19.4 Å². The van der Waals surface area contributed by atoms with Crippen LogP contribution in [0.15, 0.2) is 12.1 Å². The summed E-state index contributed by atoms with van der Waals surface area (Å²) in [5.74, 6) is -1.64. The van der Waals surface area contributed by atoms with Gasteiger partial charge in [0.1, 0.15) is 11.4 Å². The van der Waals surface area contributed by atoms with Crippen LogP contribution < -0.4 is 10.6 Å². The van der Waals surface area contributed by atoms with Gasteiger partial charge in [0.15, 0.2) is 0 Å². The van der Waals surface area contributed by atoms with Crippen molar-refractivity contribution in [3.63, 3.8) is 0 Å². The number of halogens is 1. The summed E-state index contributed by atoms with van der Waals surface area (Å²) in [7, 11) is 1.74. The van der Waals surface area contributed by atoms with Crippen LogP contribution >= 0.6 is 0 Å². The highest BCUT2D eigenvalue weighted by molar-refractivity contribution is 6.00. The minimum Gasteiger partial charge on any atom is -0.478 e. The van der Waals surface area contributed by atoms with E-state index in [0.717, 1.165) is 0 Å². The smallest absolute Gasteiger partial charge is 0.340 e. The number of carboxylic acids is 1. The van der Waals surface area contributed by atoms with Crippen molar-refractivity contribution in [3.05, 3.63) is 23.5 Å². The van der Waals surface area contributed by atoms with Crippen molar-refractivity contribution in [2.45, 2.75) is 18.9 Å². The number of nitrogens with zero attached hydrogens (tertiary/aromatic N) is 1. The van der Waals surface area contributed by atoms with Gasteiger partial charge in [-0.15, -0.1) is 0 Å². The lowest BCUT2D eigenvalue weighted by atomic mass is 9.82. The zero-order valence-electron chi connectivity index (χ0n) is 10.6. The van der Waals surface area contributed by atoms with E-state index in [1.165, 1.54) is 12.1 Å². The third-order valence-electron chi connectivity index (χ3n) is 3.54. The number of anilines is 2. The molecule has 0 aliphatic heterocycles. The third kappa shape index (κ3) is 2.63. The van der Waals surface area contributed by atoms with Crippen molar-refractivity contribution in [1.82, 2.24) is 0 Å². The molecule has 0 spiro atoms. The van der Waals surface area contributed by atoms with Crippen LogP contribution in [0.2, 0.25) is 0 Å². The molecule has 0 atom stereocenters. The molecule has 1 aromatic carbocycles. The maximum Gasteiger partial charge on any atom is 0.340 e. The number of hydrogen-bond donors (Lipinski definition) is 3. The molecule has 5 nitrogen and oxygen atoms in total. The highest BCUT2D eigenvalue weighted by atomic mass is 19.1. The maximum absolute atomic E-state index is 13.3. The van der Waals surface area contributed by atoms with Crippen molar-refractivity contribution in [1.29, 1.82) is 0 Å². The van der Waals surface area contributed by atoms with Crippen LogP contribution in [0.5, 0.6) is 0 Å². The van der Waals surface area contributed by atoms with Gasteiger partial charge in [0.2, 0.25) is 0 Å². The molecule has 0 aromatic heterocycles. The summed E-state index contributed by atoms with van der Waals surface area (Å²) in [5, 5.41) is 18.4. The van der Waals surface area contributed by atoms with E-state index in [-0.39, 0.29) is 17.4 Å². The maximum atomic E-state index is 13.3. The molecule has 0 radical (unpaired) electrons. The van der Waals surface area contributed by atoms with Gasteiger partial charge in [0.05, 0.1) is 17.5 Å². The number of hydrogen-bond acceptors (Lipinski definition) is 4. The molecule has 2 rings (SSSR count). The number of nitrogen functional groups attached to an aromatic ring is 1. The molecule has 1 aliphatic rings. The highest BCUT2D eigenvalue weighted by Crippen LogP contribution is 2.32. The Kier molecular flexibility index (Phi) is 3.61. The summed E-state index contributed by atoms with van der Waals surface area (Å²) in [4.78, 5) is 13.0. The summed E-state index contributed by atoms with van der Waals surface area (Å²) in [5.41, 5.74) is 5.35. The number of aliphatic hydroxyl groups is 1. The van der Waals surface area contributed by atoms with Crippen LogP contribution in [-0.4, -0.2) is 35.9 Å². The Balaban J connectivity index is 2.23. The van der Waals surface area contributed by atoms with Crippen LogP contribution in [0.4, 0.5) is 15.8 Å². The molecule has 0 saturated heterocycles. The Morgan fingerprint density at radius 1 is 1.53 bits per heavy atom. The lowest BCUT2D eigenvalue weighted by molar-refractivity contribution is 0.0463. The Morgan fingerprint density at radius 2 is 2.16 bits per heavy atom. The van der Waals surface area contributed by atoms with Gasteiger partial charge in [-0.1, -0.05) is 0 Å². The molecule has 6 heteroatoms. The molecule has 0 amide bonds. The molecule has 1 saturated carbocycles. The molecule has 0 bridgehead atoms. The number of aliphatic hydroxyl groups excluding tert-OH is 1. The number of rotatable bonds is 4. The standard InChI is InChI=1S/C13H17FN2O3/c1-16(6-7-4-8(17)5-7)10-3-2-9(14)12(15)11(10)13(18)19/h2-3,7-8,17H,4-6,15H2,1H3,(H,18,19). The summed E-state index contributed by atoms with van der Waals surface area (Å²) in [6, 6.07) is 2.59. The largest absolute Gasteiger partial charge is 0.478 e. The lowest BCUT2D eigenvalue weighted by Gasteiger charge is -2.35. The minimum atomic E-state index is -1.24. The van der Waals surface area contributed by atoms with E-state index in [1.807, 2.05) is 0 Å². The molecular weight excluding hydrogens is 251 g/mol. The molecule has 0 heterocycles. The zero-order valence-corrected chi connectivity index (χ0v) is 10.6. The lowest BCUT2D eigenvalue weighted by Crippen LogP contribution is -2.37. The Morgan fingerprint density at radius 3 is 2.68 bits per heavy atom. The molecular formula is C13H17FN2O3. The van der Waals surface area contributed by atoms with Gasteiger partial charge in [-0.3, -0.25) is 0 Å². The quantitative estimate of drug-likeness (QED) is 0.717. The Bertz CT molecular complexity index is 501. The van der Waals surface area contributed by atoms with Gasteiger partial charge in [-0.05, 0) is 30.9 Å². The van der Waals surface area contributed by atoms with E-state index in [1.54, 1.807) is 11.9 Å². The van der Waals surface area contributed by atoms with E-state index in [2.05, 4.69) is 0 Å². The summed E-state index contributed by atoms with van der Waals surface area (Å²) in [6.07, 6.45) is 1.17. The van der Waals surface area contributed by atoms with Gasteiger partial charge in [-0.25, -0.2) is 9.18 Å². The van der Waals surface area contributed by atoms with Crippen LogP contribution in [0.25, 0.3) is 0 Å².